The molecule has 0 amide bonds. The number of allylic oxidation sites excluding steroid dienone is 16. The van der Waals surface area contributed by atoms with Gasteiger partial charge in [-0.15, -0.1) is 0 Å². The van der Waals surface area contributed by atoms with Crippen molar-refractivity contribution < 1.29 is 28.6 Å². The van der Waals surface area contributed by atoms with E-state index in [2.05, 4.69) is 118 Å². The molecule has 6 heteroatoms. The van der Waals surface area contributed by atoms with E-state index in [0.29, 0.717) is 19.3 Å². The van der Waals surface area contributed by atoms with Crippen LogP contribution in [0, 0.1) is 0 Å². The lowest BCUT2D eigenvalue weighted by Crippen LogP contribution is -2.30. The zero-order valence-electron chi connectivity index (χ0n) is 39.4. The van der Waals surface area contributed by atoms with Gasteiger partial charge in [0.25, 0.3) is 0 Å². The van der Waals surface area contributed by atoms with E-state index in [1.807, 2.05) is 0 Å². The average Bonchev–Trinajstić information content (AvgIpc) is 3.26. The molecule has 0 fully saturated rings. The van der Waals surface area contributed by atoms with Crippen molar-refractivity contribution in [2.45, 2.75) is 219 Å². The van der Waals surface area contributed by atoms with E-state index in [1.165, 1.54) is 38.5 Å². The van der Waals surface area contributed by atoms with Crippen molar-refractivity contribution in [1.82, 2.24) is 0 Å². The van der Waals surface area contributed by atoms with Crippen LogP contribution in [0.15, 0.2) is 97.2 Å². The lowest BCUT2D eigenvalue weighted by Gasteiger charge is -2.18. The van der Waals surface area contributed by atoms with Crippen LogP contribution in [-0.2, 0) is 28.6 Å². The third-order valence-corrected chi connectivity index (χ3v) is 10.1. The van der Waals surface area contributed by atoms with E-state index in [-0.39, 0.29) is 31.1 Å². The maximum atomic E-state index is 12.7. The molecule has 0 aliphatic heterocycles. The fourth-order valence-electron chi connectivity index (χ4n) is 6.42. The van der Waals surface area contributed by atoms with E-state index < -0.39 is 6.10 Å². The topological polar surface area (TPSA) is 78.9 Å². The monoisotopic (exact) mass is 847 g/mol. The fourth-order valence-corrected chi connectivity index (χ4v) is 6.42. The summed E-state index contributed by atoms with van der Waals surface area (Å²) in [5.74, 6) is -0.949. The van der Waals surface area contributed by atoms with Gasteiger partial charge in [0.15, 0.2) is 6.10 Å². The van der Waals surface area contributed by atoms with Gasteiger partial charge in [0, 0.05) is 19.3 Å². The smallest absolute Gasteiger partial charge is 0.306 e. The minimum Gasteiger partial charge on any atom is -0.462 e. The number of carbonyl (C=O) groups is 3. The normalized spacial score (nSPS) is 12.9. The first kappa shape index (κ1) is 57.3. The molecule has 0 heterocycles. The van der Waals surface area contributed by atoms with Crippen LogP contribution < -0.4 is 0 Å². The Morgan fingerprint density at radius 2 is 0.639 bits per heavy atom. The Hall–Kier alpha value is -3.67. The summed E-state index contributed by atoms with van der Waals surface area (Å²) in [5.41, 5.74) is 0. The molecule has 1 atom stereocenters. The zero-order chi connectivity index (χ0) is 44.4. The number of unbranched alkanes of at least 4 members (excludes halogenated alkanes) is 16. The first-order valence-electron chi connectivity index (χ1n) is 24.7. The second-order valence-corrected chi connectivity index (χ2v) is 16.0. The molecule has 0 N–H and O–H groups in total. The lowest BCUT2D eigenvalue weighted by atomic mass is 10.1. The summed E-state index contributed by atoms with van der Waals surface area (Å²) in [4.78, 5) is 37.6. The third kappa shape index (κ3) is 47.2. The quantitative estimate of drug-likeness (QED) is 0.0263. The first-order valence-corrected chi connectivity index (χ1v) is 24.7. The summed E-state index contributed by atoms with van der Waals surface area (Å²) in [7, 11) is 0. The van der Waals surface area contributed by atoms with Crippen molar-refractivity contribution in [3.63, 3.8) is 0 Å². The van der Waals surface area contributed by atoms with Gasteiger partial charge in [0.1, 0.15) is 13.2 Å². The van der Waals surface area contributed by atoms with Crippen LogP contribution in [0.1, 0.15) is 213 Å². The third-order valence-electron chi connectivity index (χ3n) is 10.1. The molecule has 0 aromatic rings. The Kier molecular flexibility index (Phi) is 46.0. The van der Waals surface area contributed by atoms with Gasteiger partial charge in [-0.05, 0) is 96.3 Å². The summed E-state index contributed by atoms with van der Waals surface area (Å²) in [6.45, 7) is 6.27. The summed E-state index contributed by atoms with van der Waals surface area (Å²) >= 11 is 0. The molecule has 1 unspecified atom stereocenters. The van der Waals surface area contributed by atoms with E-state index in [9.17, 15) is 14.4 Å². The van der Waals surface area contributed by atoms with E-state index in [0.717, 1.165) is 135 Å². The predicted molar refractivity (Wildman–Crippen MR) is 260 cm³/mol. The molecule has 0 aromatic heterocycles. The minimum absolute atomic E-state index is 0.0929. The van der Waals surface area contributed by atoms with Crippen molar-refractivity contribution in [3.8, 4) is 0 Å². The van der Waals surface area contributed by atoms with Crippen LogP contribution in [0.25, 0.3) is 0 Å². The van der Waals surface area contributed by atoms with Crippen LogP contribution in [0.5, 0.6) is 0 Å². The fraction of sp³-hybridized carbons (Fsp3) is 0.655. The van der Waals surface area contributed by atoms with Crippen LogP contribution in [0.2, 0.25) is 0 Å². The Labute approximate surface area is 375 Å². The molecule has 0 bridgehead atoms. The molecule has 0 rings (SSSR count). The molecule has 0 aliphatic rings. The largest absolute Gasteiger partial charge is 0.462 e. The highest BCUT2D eigenvalue weighted by Gasteiger charge is 2.19. The van der Waals surface area contributed by atoms with Gasteiger partial charge in [-0.25, -0.2) is 0 Å². The second kappa shape index (κ2) is 49.0. The van der Waals surface area contributed by atoms with Gasteiger partial charge in [-0.3, -0.25) is 14.4 Å². The molecule has 0 spiro atoms. The highest BCUT2D eigenvalue weighted by molar-refractivity contribution is 5.71. The van der Waals surface area contributed by atoms with Gasteiger partial charge < -0.3 is 14.2 Å². The average molecular weight is 847 g/mol. The molecular formula is C55H90O6. The van der Waals surface area contributed by atoms with Crippen molar-refractivity contribution in [3.05, 3.63) is 97.2 Å². The van der Waals surface area contributed by atoms with Crippen molar-refractivity contribution in [2.75, 3.05) is 13.2 Å². The summed E-state index contributed by atoms with van der Waals surface area (Å²) in [6.07, 6.45) is 64.3. The number of esters is 3. The number of rotatable bonds is 43. The maximum absolute atomic E-state index is 12.7. The van der Waals surface area contributed by atoms with Gasteiger partial charge in [0.2, 0.25) is 0 Å². The molecule has 0 saturated heterocycles. The lowest BCUT2D eigenvalue weighted by molar-refractivity contribution is -0.167. The zero-order valence-corrected chi connectivity index (χ0v) is 39.4. The molecule has 0 aromatic carbocycles. The highest BCUT2D eigenvalue weighted by Crippen LogP contribution is 2.13. The van der Waals surface area contributed by atoms with E-state index in [4.69, 9.17) is 14.2 Å². The maximum Gasteiger partial charge on any atom is 0.306 e. The Bertz CT molecular complexity index is 1250. The van der Waals surface area contributed by atoms with Gasteiger partial charge in [-0.1, -0.05) is 195 Å². The van der Waals surface area contributed by atoms with Crippen LogP contribution in [0.4, 0.5) is 0 Å². The summed E-state index contributed by atoms with van der Waals surface area (Å²) in [6, 6.07) is 0. The first-order chi connectivity index (χ1) is 30.0. The van der Waals surface area contributed by atoms with E-state index >= 15 is 0 Å². The standard InChI is InChI=1S/C55H90O6/c1-4-7-10-13-15-17-19-21-22-23-24-25-26-27-28-29-30-31-32-34-35-37-39-42-45-48-54(57)60-51-52(50-59-53(56)47-44-41-12-9-6-3)61-55(58)49-46-43-40-38-36-33-20-18-16-14-11-8-5-2/h7-8,10-11,15-18,21-22,24-25,27-28,33,36,52H,4-6,9,12-14,19-20,23,26,29-32,34-35,37-51H2,1-3H3/b10-7-,11-8-,17-15-,18-16-,22-21-,25-24-,28-27-,36-33-. The van der Waals surface area contributed by atoms with Crippen molar-refractivity contribution in [2.24, 2.45) is 0 Å². The number of hydrogen-bond acceptors (Lipinski definition) is 6. The molecule has 61 heavy (non-hydrogen) atoms. The molecule has 0 aliphatic carbocycles. The molecule has 346 valence electrons. The second-order valence-electron chi connectivity index (χ2n) is 16.0. The van der Waals surface area contributed by atoms with Gasteiger partial charge >= 0.3 is 17.9 Å². The van der Waals surface area contributed by atoms with Crippen molar-refractivity contribution >= 4 is 17.9 Å². The number of carbonyl (C=O) groups excluding carboxylic acids is 3. The SMILES string of the molecule is CC/C=C\C/C=C\C/C=C\C/C=C\C/C=C\CCCCCCCCCCCC(=O)OCC(COC(=O)CCCCCCC)OC(=O)CCCCC/C=C\C/C=C\C/C=C\CC. The summed E-state index contributed by atoms with van der Waals surface area (Å²) < 4.78 is 16.6. The Balaban J connectivity index is 4.16. The van der Waals surface area contributed by atoms with Crippen LogP contribution in [-0.4, -0.2) is 37.2 Å². The van der Waals surface area contributed by atoms with Crippen molar-refractivity contribution in [1.29, 1.82) is 0 Å². The molecule has 0 radical (unpaired) electrons. The van der Waals surface area contributed by atoms with Crippen LogP contribution in [0.3, 0.4) is 0 Å². The molecule has 0 saturated carbocycles. The predicted octanol–water partition coefficient (Wildman–Crippen LogP) is 16.2. The Morgan fingerprint density at radius 3 is 1.02 bits per heavy atom. The number of ether oxygens (including phenoxy) is 3. The minimum atomic E-state index is -0.791. The van der Waals surface area contributed by atoms with Crippen LogP contribution >= 0.6 is 0 Å². The van der Waals surface area contributed by atoms with E-state index in [1.54, 1.807) is 0 Å². The van der Waals surface area contributed by atoms with Gasteiger partial charge in [-0.2, -0.15) is 0 Å². The summed E-state index contributed by atoms with van der Waals surface area (Å²) in [5, 5.41) is 0. The Morgan fingerprint density at radius 1 is 0.344 bits per heavy atom. The van der Waals surface area contributed by atoms with Gasteiger partial charge in [0.05, 0.1) is 0 Å². The number of hydrogen-bond donors (Lipinski definition) is 0. The highest BCUT2D eigenvalue weighted by atomic mass is 16.6. The molecular weight excluding hydrogens is 757 g/mol. The molecule has 6 nitrogen and oxygen atoms in total.